The average Bonchev–Trinajstić information content (AvgIpc) is 3.39. The van der Waals surface area contributed by atoms with Crippen LogP contribution in [0.25, 0.3) is 0 Å². The highest BCUT2D eigenvalue weighted by atomic mass is 16.7. The molecular weight excluding hydrogens is 949 g/mol. The third-order valence-electron chi connectivity index (χ3n) is 14.5. The van der Waals surface area contributed by atoms with Crippen molar-refractivity contribution in [2.45, 2.75) is 340 Å². The van der Waals surface area contributed by atoms with Gasteiger partial charge in [0, 0.05) is 19.3 Å². The molecule has 1 aliphatic rings. The van der Waals surface area contributed by atoms with Gasteiger partial charge in [-0.1, -0.05) is 263 Å². The van der Waals surface area contributed by atoms with E-state index in [0.717, 1.165) is 89.9 Å². The summed E-state index contributed by atoms with van der Waals surface area (Å²) in [7, 11) is 0. The van der Waals surface area contributed by atoms with Crippen LogP contribution < -0.4 is 0 Å². The number of aliphatic hydroxyl groups is 2. The van der Waals surface area contributed by atoms with E-state index in [4.69, 9.17) is 23.7 Å². The summed E-state index contributed by atoms with van der Waals surface area (Å²) in [5.74, 6) is -3.10. The van der Waals surface area contributed by atoms with Crippen LogP contribution in [0.2, 0.25) is 0 Å². The minimum Gasteiger partial charge on any atom is -0.479 e. The Bertz CT molecular complexity index is 1400. The Hall–Kier alpha value is -2.80. The first-order valence-electron chi connectivity index (χ1n) is 31.3. The smallest absolute Gasteiger partial charge is 0.335 e. The van der Waals surface area contributed by atoms with Crippen LogP contribution in [0.4, 0.5) is 0 Å². The fourth-order valence-electron chi connectivity index (χ4n) is 9.70. The van der Waals surface area contributed by atoms with Crippen LogP contribution in [0, 0.1) is 0 Å². The van der Waals surface area contributed by atoms with E-state index in [1.807, 2.05) is 0 Å². The molecule has 0 saturated carbocycles. The zero-order valence-corrected chi connectivity index (χ0v) is 48.3. The molecule has 12 nitrogen and oxygen atoms in total. The molecule has 0 aromatic heterocycles. The van der Waals surface area contributed by atoms with Gasteiger partial charge in [0.05, 0.1) is 6.61 Å². The Labute approximate surface area is 458 Å². The Morgan fingerprint density at radius 3 is 1.25 bits per heavy atom. The Morgan fingerprint density at radius 1 is 0.440 bits per heavy atom. The van der Waals surface area contributed by atoms with Crippen LogP contribution in [0.15, 0.2) is 24.3 Å². The Kier molecular flexibility index (Phi) is 48.6. The van der Waals surface area contributed by atoms with Crippen molar-refractivity contribution < 1.29 is 58.2 Å². The van der Waals surface area contributed by atoms with Gasteiger partial charge in [-0.25, -0.2) is 4.79 Å². The lowest BCUT2D eigenvalue weighted by molar-refractivity contribution is -0.301. The molecule has 1 fully saturated rings. The summed E-state index contributed by atoms with van der Waals surface area (Å²) in [6.45, 7) is 5.97. The van der Waals surface area contributed by atoms with Crippen LogP contribution in [0.5, 0.6) is 0 Å². The number of carboxylic acid groups (broad SMARTS) is 1. The first kappa shape index (κ1) is 70.2. The lowest BCUT2D eigenvalue weighted by atomic mass is 9.98. The second-order valence-electron chi connectivity index (χ2n) is 21.7. The summed E-state index contributed by atoms with van der Waals surface area (Å²) in [6.07, 6.45) is 47.1. The van der Waals surface area contributed by atoms with Gasteiger partial charge in [-0.3, -0.25) is 14.4 Å². The number of carbonyl (C=O) groups is 4. The molecule has 438 valence electrons. The topological polar surface area (TPSA) is 175 Å². The van der Waals surface area contributed by atoms with Crippen molar-refractivity contribution in [2.24, 2.45) is 0 Å². The minimum absolute atomic E-state index is 0.0489. The highest BCUT2D eigenvalue weighted by Crippen LogP contribution is 2.27. The van der Waals surface area contributed by atoms with Gasteiger partial charge in [-0.15, -0.1) is 0 Å². The summed E-state index contributed by atoms with van der Waals surface area (Å²) in [4.78, 5) is 51.2. The van der Waals surface area contributed by atoms with E-state index in [-0.39, 0.29) is 25.9 Å². The van der Waals surface area contributed by atoms with Crippen molar-refractivity contribution in [2.75, 3.05) is 13.2 Å². The number of rotatable bonds is 54. The second-order valence-corrected chi connectivity index (χ2v) is 21.7. The number of carboxylic acids is 1. The Balaban J connectivity index is 2.66. The van der Waals surface area contributed by atoms with Crippen molar-refractivity contribution in [3.8, 4) is 0 Å². The van der Waals surface area contributed by atoms with Gasteiger partial charge in [0.25, 0.3) is 0 Å². The number of esters is 3. The van der Waals surface area contributed by atoms with Gasteiger partial charge < -0.3 is 39.0 Å². The zero-order chi connectivity index (χ0) is 54.7. The SMILES string of the molecule is CCC/C=C\C/C=C\CCCCCCCC(=O)OC1C(OCC(COC(=O)CCCCCCCCCCCCCCCCCCC)OC(=O)CCCCCCCCCCCCCCCCC)OC(C(=O)O)C(O)C1O. The van der Waals surface area contributed by atoms with Gasteiger partial charge in [-0.05, 0) is 44.9 Å². The molecule has 1 heterocycles. The predicted octanol–water partition coefficient (Wildman–Crippen LogP) is 16.2. The monoisotopic (exact) mass is 1060 g/mol. The number of unbranched alkanes of at least 4 members (excludes halogenated alkanes) is 36. The van der Waals surface area contributed by atoms with Crippen molar-refractivity contribution in [1.82, 2.24) is 0 Å². The lowest BCUT2D eigenvalue weighted by Gasteiger charge is -2.40. The maximum Gasteiger partial charge on any atom is 0.335 e. The van der Waals surface area contributed by atoms with Crippen molar-refractivity contribution in [3.05, 3.63) is 24.3 Å². The van der Waals surface area contributed by atoms with Crippen molar-refractivity contribution >= 4 is 23.9 Å². The van der Waals surface area contributed by atoms with Crippen LogP contribution in [-0.4, -0.2) is 89.2 Å². The second kappa shape index (κ2) is 51.9. The molecule has 0 aromatic carbocycles. The molecule has 75 heavy (non-hydrogen) atoms. The quantitative estimate of drug-likeness (QED) is 0.0228. The van der Waals surface area contributed by atoms with E-state index in [1.165, 1.54) is 154 Å². The largest absolute Gasteiger partial charge is 0.479 e. The number of ether oxygens (including phenoxy) is 5. The summed E-state index contributed by atoms with van der Waals surface area (Å²) >= 11 is 0. The van der Waals surface area contributed by atoms with E-state index in [0.29, 0.717) is 19.3 Å². The molecule has 1 aliphatic heterocycles. The summed E-state index contributed by atoms with van der Waals surface area (Å²) in [6, 6.07) is 0. The van der Waals surface area contributed by atoms with Crippen LogP contribution in [0.1, 0.15) is 303 Å². The summed E-state index contributed by atoms with van der Waals surface area (Å²) < 4.78 is 28.5. The van der Waals surface area contributed by atoms with E-state index >= 15 is 0 Å². The fourth-order valence-corrected chi connectivity index (χ4v) is 9.70. The molecule has 0 aliphatic carbocycles. The lowest BCUT2D eigenvalue weighted by Crippen LogP contribution is -2.61. The highest BCUT2D eigenvalue weighted by Gasteiger charge is 2.50. The fraction of sp³-hybridized carbons (Fsp3) is 0.873. The van der Waals surface area contributed by atoms with Gasteiger partial charge in [-0.2, -0.15) is 0 Å². The van der Waals surface area contributed by atoms with Crippen LogP contribution in [-0.2, 0) is 42.9 Å². The predicted molar refractivity (Wildman–Crippen MR) is 303 cm³/mol. The number of aliphatic hydroxyl groups excluding tert-OH is 2. The Morgan fingerprint density at radius 2 is 0.827 bits per heavy atom. The number of allylic oxidation sites excluding steroid dienone is 4. The number of hydrogen-bond acceptors (Lipinski definition) is 11. The molecule has 0 spiro atoms. The van der Waals surface area contributed by atoms with E-state index in [1.54, 1.807) is 0 Å². The minimum atomic E-state index is -1.90. The molecule has 1 saturated heterocycles. The van der Waals surface area contributed by atoms with Crippen molar-refractivity contribution in [1.29, 1.82) is 0 Å². The summed E-state index contributed by atoms with van der Waals surface area (Å²) in [5.41, 5.74) is 0. The molecule has 0 aromatic rings. The molecule has 12 heteroatoms. The molecule has 0 radical (unpaired) electrons. The standard InChI is InChI=1S/C63H114O12/c1-4-7-10-13-16-19-22-25-27-28-30-32-34-37-40-43-46-49-55(64)71-52-54(73-56(65)50-47-44-41-38-36-33-29-26-23-20-17-14-11-8-5-2)53-72-63-61(59(68)58(67)60(75-63)62(69)70)74-57(66)51-48-45-42-39-35-31-24-21-18-15-12-9-6-3/h12,15,21,24,54,58-61,63,67-68H,4-11,13-14,16-20,22-23,25-53H2,1-3H3,(H,69,70)/b15-12-,24-21-. The van der Waals surface area contributed by atoms with Gasteiger partial charge in [0.2, 0.25) is 0 Å². The first-order chi connectivity index (χ1) is 36.6. The van der Waals surface area contributed by atoms with Gasteiger partial charge >= 0.3 is 23.9 Å². The van der Waals surface area contributed by atoms with Gasteiger partial charge in [0.15, 0.2) is 24.6 Å². The maximum atomic E-state index is 13.2. The summed E-state index contributed by atoms with van der Waals surface area (Å²) in [5, 5.41) is 31.5. The number of carbonyl (C=O) groups excluding carboxylic acids is 3. The molecule has 0 amide bonds. The van der Waals surface area contributed by atoms with Crippen LogP contribution in [0.3, 0.4) is 0 Å². The average molecular weight is 1060 g/mol. The molecule has 3 N–H and O–H groups in total. The van der Waals surface area contributed by atoms with E-state index in [2.05, 4.69) is 45.1 Å². The maximum absolute atomic E-state index is 13.2. The highest BCUT2D eigenvalue weighted by molar-refractivity contribution is 5.74. The number of hydrogen-bond donors (Lipinski definition) is 3. The zero-order valence-electron chi connectivity index (χ0n) is 48.3. The normalized spacial score (nSPS) is 18.2. The third-order valence-corrected chi connectivity index (χ3v) is 14.5. The molecule has 6 atom stereocenters. The van der Waals surface area contributed by atoms with Crippen LogP contribution >= 0.6 is 0 Å². The molecule has 1 rings (SSSR count). The number of aliphatic carboxylic acids is 1. The molecular formula is C63H114O12. The first-order valence-corrected chi connectivity index (χ1v) is 31.3. The van der Waals surface area contributed by atoms with Crippen molar-refractivity contribution in [3.63, 3.8) is 0 Å². The van der Waals surface area contributed by atoms with Gasteiger partial charge in [0.1, 0.15) is 18.8 Å². The molecule has 6 unspecified atom stereocenters. The third kappa shape index (κ3) is 41.9. The van der Waals surface area contributed by atoms with E-state index < -0.39 is 67.3 Å². The molecule has 0 bridgehead atoms. The van der Waals surface area contributed by atoms with E-state index in [9.17, 15) is 34.5 Å².